The van der Waals surface area contributed by atoms with Gasteiger partial charge in [-0.3, -0.25) is 0 Å². The predicted molar refractivity (Wildman–Crippen MR) is 104 cm³/mol. The van der Waals surface area contributed by atoms with Crippen molar-refractivity contribution in [2.45, 2.75) is 26.9 Å². The molecule has 0 atom stereocenters. The van der Waals surface area contributed by atoms with Gasteiger partial charge < -0.3 is 15.0 Å². The van der Waals surface area contributed by atoms with Crippen molar-refractivity contribution in [1.82, 2.24) is 9.88 Å². The number of benzene rings is 2. The molecule has 0 spiro atoms. The van der Waals surface area contributed by atoms with Gasteiger partial charge in [-0.2, -0.15) is 0 Å². The van der Waals surface area contributed by atoms with Crippen LogP contribution in [0.3, 0.4) is 0 Å². The van der Waals surface area contributed by atoms with Gasteiger partial charge in [-0.05, 0) is 37.6 Å². The molecule has 1 heterocycles. The zero-order valence-corrected chi connectivity index (χ0v) is 15.5. The van der Waals surface area contributed by atoms with Crippen LogP contribution in [0.2, 0.25) is 5.02 Å². The molecule has 5 heteroatoms. The van der Waals surface area contributed by atoms with E-state index in [1.54, 1.807) is 0 Å². The first-order valence-corrected chi connectivity index (χ1v) is 8.82. The molecule has 2 N–H and O–H groups in total. The molecule has 3 aromatic rings. The summed E-state index contributed by atoms with van der Waals surface area (Å²) >= 11 is 6.19. The zero-order valence-electron chi connectivity index (χ0n) is 14.8. The van der Waals surface area contributed by atoms with Crippen LogP contribution in [-0.2, 0) is 13.1 Å². The molecule has 3 rings (SSSR count). The molecule has 0 bridgehead atoms. The summed E-state index contributed by atoms with van der Waals surface area (Å²) in [6.45, 7) is 4.84. The molecule has 4 nitrogen and oxygen atoms in total. The van der Waals surface area contributed by atoms with Gasteiger partial charge in [-0.1, -0.05) is 48.0 Å². The van der Waals surface area contributed by atoms with E-state index in [2.05, 4.69) is 5.32 Å². The Hall–Kier alpha value is -2.56. The molecule has 0 saturated carbocycles. The second kappa shape index (κ2) is 7.77. The maximum Gasteiger partial charge on any atom is 0.337 e. The molecule has 0 aliphatic rings. The van der Waals surface area contributed by atoms with Crippen molar-refractivity contribution in [2.75, 3.05) is 0 Å². The molecule has 0 amide bonds. The van der Waals surface area contributed by atoms with E-state index in [-0.39, 0.29) is 0 Å². The minimum Gasteiger partial charge on any atom is -0.478 e. The maximum atomic E-state index is 11.9. The summed E-state index contributed by atoms with van der Waals surface area (Å²) in [7, 11) is 0. The number of carboxylic acid groups (broad SMARTS) is 1. The van der Waals surface area contributed by atoms with Gasteiger partial charge in [0.1, 0.15) is 0 Å². The highest BCUT2D eigenvalue weighted by Crippen LogP contribution is 2.26. The van der Waals surface area contributed by atoms with Crippen LogP contribution in [0.25, 0.3) is 5.69 Å². The molecule has 0 radical (unpaired) electrons. The fraction of sp³-hybridized carbons (Fsp3) is 0.190. The quantitative estimate of drug-likeness (QED) is 0.661. The Bertz CT molecular complexity index is 933. The van der Waals surface area contributed by atoms with E-state index in [0.717, 1.165) is 28.2 Å². The number of hydrogen-bond acceptors (Lipinski definition) is 2. The van der Waals surface area contributed by atoms with Crippen LogP contribution in [0.5, 0.6) is 0 Å². The van der Waals surface area contributed by atoms with Gasteiger partial charge >= 0.3 is 5.97 Å². The fourth-order valence-corrected chi connectivity index (χ4v) is 3.53. The van der Waals surface area contributed by atoms with Gasteiger partial charge in [0.2, 0.25) is 0 Å². The first-order chi connectivity index (χ1) is 12.5. The van der Waals surface area contributed by atoms with Crippen molar-refractivity contribution in [3.63, 3.8) is 0 Å². The highest BCUT2D eigenvalue weighted by Gasteiger charge is 2.23. The van der Waals surface area contributed by atoms with Crippen molar-refractivity contribution in [3.8, 4) is 5.69 Å². The second-order valence-corrected chi connectivity index (χ2v) is 6.60. The third-order valence-corrected chi connectivity index (χ3v) is 4.94. The van der Waals surface area contributed by atoms with E-state index in [1.807, 2.05) is 73.0 Å². The Balaban J connectivity index is 1.91. The fourth-order valence-electron chi connectivity index (χ4n) is 3.33. The molecule has 0 unspecified atom stereocenters. The zero-order chi connectivity index (χ0) is 18.7. The normalized spacial score (nSPS) is 10.9. The Morgan fingerprint density at radius 3 is 2.31 bits per heavy atom. The summed E-state index contributed by atoms with van der Waals surface area (Å²) in [6, 6.07) is 17.4. The summed E-state index contributed by atoms with van der Waals surface area (Å²) in [4.78, 5) is 11.9. The second-order valence-electron chi connectivity index (χ2n) is 6.20. The van der Waals surface area contributed by atoms with Crippen LogP contribution in [0.1, 0.15) is 32.9 Å². The van der Waals surface area contributed by atoms with Crippen molar-refractivity contribution in [1.29, 1.82) is 0 Å². The number of hydrogen-bond donors (Lipinski definition) is 2. The lowest BCUT2D eigenvalue weighted by Gasteiger charge is -2.10. The largest absolute Gasteiger partial charge is 0.478 e. The maximum absolute atomic E-state index is 11.9. The molecule has 2 aromatic carbocycles. The Labute approximate surface area is 158 Å². The average molecular weight is 369 g/mol. The van der Waals surface area contributed by atoms with E-state index in [9.17, 15) is 9.90 Å². The summed E-state index contributed by atoms with van der Waals surface area (Å²) in [6.07, 6.45) is 0. The van der Waals surface area contributed by atoms with Gasteiger partial charge in [0.15, 0.2) is 0 Å². The van der Waals surface area contributed by atoms with Gasteiger partial charge in [0, 0.05) is 40.8 Å². The Kier molecular flexibility index (Phi) is 5.45. The monoisotopic (exact) mass is 368 g/mol. The van der Waals surface area contributed by atoms with E-state index >= 15 is 0 Å². The molecule has 1 aromatic heterocycles. The van der Waals surface area contributed by atoms with E-state index in [0.29, 0.717) is 23.7 Å². The first kappa shape index (κ1) is 18.2. The molecule has 134 valence electrons. The van der Waals surface area contributed by atoms with Gasteiger partial charge in [0.25, 0.3) is 0 Å². The van der Waals surface area contributed by atoms with Gasteiger partial charge in [-0.15, -0.1) is 0 Å². The van der Waals surface area contributed by atoms with E-state index < -0.39 is 5.97 Å². The number of aromatic carboxylic acids is 1. The topological polar surface area (TPSA) is 54.3 Å². The van der Waals surface area contributed by atoms with Crippen LogP contribution < -0.4 is 5.32 Å². The highest BCUT2D eigenvalue weighted by molar-refractivity contribution is 6.31. The summed E-state index contributed by atoms with van der Waals surface area (Å²) in [5.74, 6) is -0.908. The number of nitrogens with zero attached hydrogens (tertiary/aromatic N) is 1. The molecule has 0 aliphatic carbocycles. The molecule has 0 fully saturated rings. The number of nitrogens with one attached hydrogen (secondary N) is 1. The standard InChI is InChI=1S/C21H21ClN2O2/c1-14-18(13-23-12-16-8-6-7-11-19(16)22)20(21(25)26)15(2)24(14)17-9-4-3-5-10-17/h3-11,23H,12-13H2,1-2H3,(H,25,26). The third kappa shape index (κ3) is 3.52. The van der Waals surface area contributed by atoms with Crippen LogP contribution in [0.15, 0.2) is 54.6 Å². The van der Waals surface area contributed by atoms with E-state index in [1.165, 1.54) is 0 Å². The summed E-state index contributed by atoms with van der Waals surface area (Å²) < 4.78 is 2.00. The minimum atomic E-state index is -0.908. The number of carboxylic acids is 1. The molecule has 0 saturated heterocycles. The summed E-state index contributed by atoms with van der Waals surface area (Å²) in [5, 5.41) is 13.8. The Morgan fingerprint density at radius 1 is 1.00 bits per heavy atom. The molecular formula is C21H21ClN2O2. The number of rotatable bonds is 6. The minimum absolute atomic E-state index is 0.359. The Morgan fingerprint density at radius 2 is 1.65 bits per heavy atom. The van der Waals surface area contributed by atoms with Crippen LogP contribution in [-0.4, -0.2) is 15.6 Å². The number of para-hydroxylation sites is 1. The summed E-state index contributed by atoms with van der Waals surface area (Å²) in [5.41, 5.74) is 4.77. The van der Waals surface area contributed by atoms with Gasteiger partial charge in [-0.25, -0.2) is 4.79 Å². The average Bonchev–Trinajstić information content (AvgIpc) is 2.87. The van der Waals surface area contributed by atoms with Crippen molar-refractivity contribution < 1.29 is 9.90 Å². The number of carbonyl (C=O) groups is 1. The van der Waals surface area contributed by atoms with E-state index in [4.69, 9.17) is 11.6 Å². The SMILES string of the molecule is Cc1c(CNCc2ccccc2Cl)c(C(=O)O)c(C)n1-c1ccccc1. The smallest absolute Gasteiger partial charge is 0.337 e. The predicted octanol–water partition coefficient (Wildman–Crippen LogP) is 4.74. The van der Waals surface area contributed by atoms with Crippen LogP contribution >= 0.6 is 11.6 Å². The lowest BCUT2D eigenvalue weighted by Crippen LogP contribution is -2.15. The molecular weight excluding hydrogens is 348 g/mol. The molecule has 26 heavy (non-hydrogen) atoms. The van der Waals surface area contributed by atoms with Crippen molar-refractivity contribution in [3.05, 3.63) is 87.7 Å². The number of halogens is 1. The van der Waals surface area contributed by atoms with Crippen LogP contribution in [0.4, 0.5) is 0 Å². The lowest BCUT2D eigenvalue weighted by atomic mass is 10.1. The third-order valence-electron chi connectivity index (χ3n) is 4.57. The first-order valence-electron chi connectivity index (χ1n) is 8.44. The lowest BCUT2D eigenvalue weighted by molar-refractivity contribution is 0.0695. The highest BCUT2D eigenvalue weighted by atomic mass is 35.5. The van der Waals surface area contributed by atoms with Crippen LogP contribution in [0, 0.1) is 13.8 Å². The number of aromatic nitrogens is 1. The van der Waals surface area contributed by atoms with Crippen molar-refractivity contribution in [2.24, 2.45) is 0 Å². The van der Waals surface area contributed by atoms with Gasteiger partial charge in [0.05, 0.1) is 5.56 Å². The van der Waals surface area contributed by atoms with Crippen molar-refractivity contribution >= 4 is 17.6 Å². The molecule has 0 aliphatic heterocycles.